The first-order chi connectivity index (χ1) is 10.1. The Morgan fingerprint density at radius 2 is 1.38 bits per heavy atom. The molecule has 21 heavy (non-hydrogen) atoms. The minimum Gasteiger partial charge on any atom is -0.261 e. The fraction of sp³-hybridized carbons (Fsp3) is 0.150. The van der Waals surface area contributed by atoms with E-state index in [9.17, 15) is 0 Å². The van der Waals surface area contributed by atoms with Crippen molar-refractivity contribution in [2.24, 2.45) is 4.99 Å². The van der Waals surface area contributed by atoms with Gasteiger partial charge in [0.05, 0.1) is 0 Å². The molecule has 0 amide bonds. The second kappa shape index (κ2) is 11.4. The summed E-state index contributed by atoms with van der Waals surface area (Å²) in [5, 5.41) is 0. The van der Waals surface area contributed by atoms with Gasteiger partial charge in [0.1, 0.15) is 0 Å². The zero-order chi connectivity index (χ0) is 16.1. The lowest BCUT2D eigenvalue weighted by molar-refractivity contribution is 1.45. The molecular weight excluding hydrogens is 254 g/mol. The Hall–Kier alpha value is -2.41. The van der Waals surface area contributed by atoms with E-state index in [4.69, 9.17) is 0 Å². The van der Waals surface area contributed by atoms with E-state index in [1.807, 2.05) is 63.3 Å². The Morgan fingerprint density at radius 1 is 0.857 bits per heavy atom. The first-order valence-electron chi connectivity index (χ1n) is 6.92. The molecule has 0 spiro atoms. The third kappa shape index (κ3) is 7.68. The van der Waals surface area contributed by atoms with Gasteiger partial charge in [-0.1, -0.05) is 68.3 Å². The molecule has 1 nitrogen and oxygen atoms in total. The molecule has 110 valence electrons. The molecule has 0 unspecified atom stereocenters. The van der Waals surface area contributed by atoms with Gasteiger partial charge in [0.2, 0.25) is 0 Å². The fourth-order valence-electron chi connectivity index (χ4n) is 1.57. The van der Waals surface area contributed by atoms with Crippen LogP contribution in [-0.2, 0) is 0 Å². The van der Waals surface area contributed by atoms with E-state index >= 15 is 0 Å². The lowest BCUT2D eigenvalue weighted by Crippen LogP contribution is -1.93. The SMILES string of the molecule is C=C/C=C\C(=CC)/C(C)=N/C=C\C(=C)C(/C=C\C=C)=C/C. The fourth-order valence-corrected chi connectivity index (χ4v) is 1.57. The number of hydrogen-bond donors (Lipinski definition) is 0. The molecule has 0 aliphatic heterocycles. The Bertz CT molecular complexity index is 546. The molecule has 0 saturated carbocycles. The first kappa shape index (κ1) is 18.6. The maximum absolute atomic E-state index is 4.44. The molecule has 0 aliphatic carbocycles. The predicted molar refractivity (Wildman–Crippen MR) is 97.6 cm³/mol. The number of nitrogens with zero attached hydrogens (tertiary/aromatic N) is 1. The summed E-state index contributed by atoms with van der Waals surface area (Å²) in [5.41, 5.74) is 3.99. The van der Waals surface area contributed by atoms with Crippen molar-refractivity contribution in [1.82, 2.24) is 0 Å². The highest BCUT2D eigenvalue weighted by molar-refractivity contribution is 6.01. The monoisotopic (exact) mass is 279 g/mol. The summed E-state index contributed by atoms with van der Waals surface area (Å²) in [5.74, 6) is 0. The largest absolute Gasteiger partial charge is 0.261 e. The maximum Gasteiger partial charge on any atom is 0.0441 e. The van der Waals surface area contributed by atoms with Crippen molar-refractivity contribution >= 4 is 5.71 Å². The third-order valence-electron chi connectivity index (χ3n) is 2.78. The van der Waals surface area contributed by atoms with E-state index in [0.717, 1.165) is 22.4 Å². The van der Waals surface area contributed by atoms with Gasteiger partial charge in [-0.15, -0.1) is 0 Å². The van der Waals surface area contributed by atoms with E-state index in [0.29, 0.717) is 0 Å². The second-order valence-corrected chi connectivity index (χ2v) is 4.23. The van der Waals surface area contributed by atoms with Gasteiger partial charge in [-0.2, -0.15) is 0 Å². The highest BCUT2D eigenvalue weighted by Gasteiger charge is 1.95. The second-order valence-electron chi connectivity index (χ2n) is 4.23. The number of rotatable bonds is 8. The normalized spacial score (nSPS) is 14.3. The molecule has 0 fully saturated rings. The Morgan fingerprint density at radius 3 is 1.86 bits per heavy atom. The molecule has 0 aromatic rings. The Labute approximate surface area is 129 Å². The number of allylic oxidation sites excluding steroid dienone is 12. The van der Waals surface area contributed by atoms with Crippen LogP contribution in [0, 0.1) is 0 Å². The maximum atomic E-state index is 4.44. The van der Waals surface area contributed by atoms with Crippen molar-refractivity contribution in [3.05, 3.63) is 97.3 Å². The van der Waals surface area contributed by atoms with Crippen molar-refractivity contribution in [2.45, 2.75) is 20.8 Å². The average molecular weight is 279 g/mol. The van der Waals surface area contributed by atoms with E-state index in [1.165, 1.54) is 0 Å². The molecule has 0 aromatic carbocycles. The van der Waals surface area contributed by atoms with Crippen LogP contribution in [0.15, 0.2) is 102 Å². The first-order valence-corrected chi connectivity index (χ1v) is 6.92. The van der Waals surface area contributed by atoms with Gasteiger partial charge in [0, 0.05) is 11.9 Å². The van der Waals surface area contributed by atoms with E-state index in [1.54, 1.807) is 18.4 Å². The van der Waals surface area contributed by atoms with Crippen LogP contribution < -0.4 is 0 Å². The summed E-state index contributed by atoms with van der Waals surface area (Å²) < 4.78 is 0. The van der Waals surface area contributed by atoms with Crippen LogP contribution in [0.25, 0.3) is 0 Å². The van der Waals surface area contributed by atoms with E-state index in [2.05, 4.69) is 24.7 Å². The van der Waals surface area contributed by atoms with Gasteiger partial charge in [-0.25, -0.2) is 0 Å². The summed E-state index contributed by atoms with van der Waals surface area (Å²) in [6.45, 7) is 17.3. The minimum absolute atomic E-state index is 0.913. The molecule has 0 atom stereocenters. The van der Waals surface area contributed by atoms with Gasteiger partial charge in [-0.3, -0.25) is 4.99 Å². The van der Waals surface area contributed by atoms with Gasteiger partial charge < -0.3 is 0 Å². The standard InChI is InChI=1S/C20H25N/c1-7-11-13-19(9-3)17(5)15-16-21-18(6)20(10-4)14-12-8-2/h7-16H,1-2,5H2,3-4,6H3/b13-11-,14-12-,16-15-,19-9+,20-10?,21-18+. The molecule has 0 N–H and O–H groups in total. The molecule has 0 saturated heterocycles. The van der Waals surface area contributed by atoms with Crippen LogP contribution in [0.1, 0.15) is 20.8 Å². The molecule has 0 rings (SSSR count). The summed E-state index contributed by atoms with van der Waals surface area (Å²) >= 11 is 0. The van der Waals surface area contributed by atoms with Crippen LogP contribution in [0.2, 0.25) is 0 Å². The highest BCUT2D eigenvalue weighted by atomic mass is 14.7. The lowest BCUT2D eigenvalue weighted by Gasteiger charge is -2.01. The number of aliphatic imine (C=N–C) groups is 1. The molecule has 0 heterocycles. The van der Waals surface area contributed by atoms with E-state index in [-0.39, 0.29) is 0 Å². The topological polar surface area (TPSA) is 12.4 Å². The molecule has 0 aliphatic rings. The lowest BCUT2D eigenvalue weighted by atomic mass is 10.1. The highest BCUT2D eigenvalue weighted by Crippen LogP contribution is 2.11. The van der Waals surface area contributed by atoms with Crippen molar-refractivity contribution in [3.8, 4) is 0 Å². The zero-order valence-corrected chi connectivity index (χ0v) is 13.3. The zero-order valence-electron chi connectivity index (χ0n) is 13.3. The van der Waals surface area contributed by atoms with Gasteiger partial charge >= 0.3 is 0 Å². The molecule has 0 aromatic heterocycles. The van der Waals surface area contributed by atoms with Crippen LogP contribution in [0.3, 0.4) is 0 Å². The molecule has 0 radical (unpaired) electrons. The Kier molecular flexibility index (Phi) is 10.1. The minimum atomic E-state index is 0.913. The van der Waals surface area contributed by atoms with Crippen LogP contribution in [-0.4, -0.2) is 5.71 Å². The van der Waals surface area contributed by atoms with Crippen LogP contribution in [0.5, 0.6) is 0 Å². The van der Waals surface area contributed by atoms with E-state index < -0.39 is 0 Å². The molecule has 0 bridgehead atoms. The van der Waals surface area contributed by atoms with Crippen molar-refractivity contribution < 1.29 is 0 Å². The van der Waals surface area contributed by atoms with Crippen molar-refractivity contribution in [3.63, 3.8) is 0 Å². The number of hydrogen-bond acceptors (Lipinski definition) is 1. The van der Waals surface area contributed by atoms with Crippen LogP contribution in [0.4, 0.5) is 0 Å². The third-order valence-corrected chi connectivity index (χ3v) is 2.78. The van der Waals surface area contributed by atoms with Crippen molar-refractivity contribution in [1.29, 1.82) is 0 Å². The summed E-state index contributed by atoms with van der Waals surface area (Å²) in [6, 6.07) is 0. The smallest absolute Gasteiger partial charge is 0.0441 e. The van der Waals surface area contributed by atoms with Gasteiger partial charge in [-0.05, 0) is 43.6 Å². The summed E-state index contributed by atoms with van der Waals surface area (Å²) in [6.07, 6.45) is 18.9. The molecular formula is C20H25N. The Balaban J connectivity index is 4.96. The predicted octanol–water partition coefficient (Wildman–Crippen LogP) is 5.89. The van der Waals surface area contributed by atoms with Gasteiger partial charge in [0.25, 0.3) is 0 Å². The summed E-state index contributed by atoms with van der Waals surface area (Å²) in [7, 11) is 0. The average Bonchev–Trinajstić information content (AvgIpc) is 2.48. The van der Waals surface area contributed by atoms with Crippen LogP contribution >= 0.6 is 0 Å². The molecule has 1 heteroatoms. The summed E-state index contributed by atoms with van der Waals surface area (Å²) in [4.78, 5) is 4.44. The van der Waals surface area contributed by atoms with Crippen molar-refractivity contribution in [2.75, 3.05) is 0 Å². The van der Waals surface area contributed by atoms with Gasteiger partial charge in [0.15, 0.2) is 0 Å². The quantitative estimate of drug-likeness (QED) is 0.388.